The molecule has 1 saturated heterocycles. The Bertz CT molecular complexity index is 629. The summed E-state index contributed by atoms with van der Waals surface area (Å²) in [4.78, 5) is 33.5. The molecule has 1 aliphatic heterocycles. The molecule has 4 atom stereocenters. The van der Waals surface area contributed by atoms with Crippen LogP contribution in [0.25, 0.3) is 0 Å². The molecule has 0 amide bonds. The zero-order chi connectivity index (χ0) is 14.9. The van der Waals surface area contributed by atoms with Gasteiger partial charge < -0.3 is 9.84 Å². The van der Waals surface area contributed by atoms with E-state index >= 15 is 0 Å². The van der Waals surface area contributed by atoms with Crippen LogP contribution >= 0.6 is 24.2 Å². The average molecular weight is 370 g/mol. The fourth-order valence-corrected chi connectivity index (χ4v) is 2.44. The summed E-state index contributed by atoms with van der Waals surface area (Å²) in [5.74, 6) is 0. The van der Waals surface area contributed by atoms with Crippen molar-refractivity contribution in [2.75, 3.05) is 6.61 Å². The van der Waals surface area contributed by atoms with Crippen molar-refractivity contribution in [2.45, 2.75) is 24.9 Å². The Morgan fingerprint density at radius 1 is 1.60 bits per heavy atom. The number of hydrogen-bond acceptors (Lipinski definition) is 6. The Morgan fingerprint density at radius 2 is 2.30 bits per heavy atom. The van der Waals surface area contributed by atoms with Crippen LogP contribution in [0.3, 0.4) is 0 Å². The van der Waals surface area contributed by atoms with Crippen LogP contribution in [0.2, 0.25) is 0 Å². The summed E-state index contributed by atoms with van der Waals surface area (Å²) in [7, 11) is -2.78. The predicted molar refractivity (Wildman–Crippen MR) is 69.3 cm³/mol. The largest absolute Gasteiger partial charge is 0.694 e. The maximum Gasteiger partial charge on any atom is 0.694 e. The van der Waals surface area contributed by atoms with E-state index in [0.717, 1.165) is 4.57 Å². The van der Waals surface area contributed by atoms with Crippen LogP contribution < -0.4 is 11.2 Å². The highest BCUT2D eigenvalue weighted by atomic mass is 79.9. The number of H-pyrrole nitrogens is 1. The second kappa shape index (κ2) is 6.25. The number of ether oxygens (including phenoxy) is 1. The van der Waals surface area contributed by atoms with Gasteiger partial charge in [-0.1, -0.05) is 0 Å². The molecule has 1 aromatic heterocycles. The Morgan fingerprint density at radius 3 is 2.95 bits per heavy atom. The highest BCUT2D eigenvalue weighted by molar-refractivity contribution is 9.10. The molecule has 1 unspecified atom stereocenters. The van der Waals surface area contributed by atoms with Gasteiger partial charge in [0, 0.05) is 17.2 Å². The van der Waals surface area contributed by atoms with Gasteiger partial charge in [0.05, 0.1) is 10.6 Å². The lowest BCUT2D eigenvalue weighted by molar-refractivity contribution is -0.0413. The van der Waals surface area contributed by atoms with Crippen LogP contribution in [0.15, 0.2) is 20.3 Å². The number of aromatic nitrogens is 2. The Balaban J connectivity index is 2.16. The van der Waals surface area contributed by atoms with Crippen molar-refractivity contribution in [3.63, 3.8) is 0 Å². The molecule has 0 saturated carbocycles. The van der Waals surface area contributed by atoms with Gasteiger partial charge in [-0.2, -0.15) is 0 Å². The summed E-state index contributed by atoms with van der Waals surface area (Å²) >= 11 is 2.99. The molecule has 20 heavy (non-hydrogen) atoms. The monoisotopic (exact) mass is 369 g/mol. The van der Waals surface area contributed by atoms with Crippen LogP contribution in [0, 0.1) is 0 Å². The number of hydrogen-bond donors (Lipinski definition) is 3. The Hall–Kier alpha value is -0.900. The van der Waals surface area contributed by atoms with Gasteiger partial charge >= 0.3 is 13.9 Å². The number of nitrogens with zero attached hydrogens (tertiary/aromatic N) is 1. The third kappa shape index (κ3) is 3.40. The van der Waals surface area contributed by atoms with Crippen molar-refractivity contribution in [2.24, 2.45) is 0 Å². The third-order valence-corrected chi connectivity index (χ3v) is 3.72. The van der Waals surface area contributed by atoms with E-state index in [1.165, 1.54) is 6.20 Å². The molecule has 3 N–H and O–H groups in total. The second-order valence-corrected chi connectivity index (χ2v) is 5.70. The number of halogens is 1. The zero-order valence-electron chi connectivity index (χ0n) is 9.93. The highest BCUT2D eigenvalue weighted by Crippen LogP contribution is 2.29. The first-order valence-corrected chi connectivity index (χ1v) is 7.44. The van der Waals surface area contributed by atoms with Crippen molar-refractivity contribution >= 4 is 24.2 Å². The summed E-state index contributed by atoms with van der Waals surface area (Å²) in [6, 6.07) is 0. The lowest BCUT2D eigenvalue weighted by Gasteiger charge is -2.14. The molecular weight excluding hydrogens is 359 g/mol. The van der Waals surface area contributed by atoms with Gasteiger partial charge in [-0.25, -0.2) is 4.79 Å². The number of rotatable bonds is 4. The number of nitrogens with one attached hydrogen (secondary N) is 1. The first kappa shape index (κ1) is 15.5. The van der Waals surface area contributed by atoms with Gasteiger partial charge in [-0.3, -0.25) is 14.3 Å². The van der Waals surface area contributed by atoms with E-state index in [9.17, 15) is 19.3 Å². The maximum atomic E-state index is 11.7. The fraction of sp³-hybridized carbons (Fsp3) is 0.556. The smallest absolute Gasteiger partial charge is 0.390 e. The van der Waals surface area contributed by atoms with Gasteiger partial charge in [0.25, 0.3) is 5.56 Å². The molecular formula is C9H11BrN2O7P+. The molecule has 0 spiro atoms. The topological polar surface area (TPSA) is 131 Å². The van der Waals surface area contributed by atoms with Crippen molar-refractivity contribution in [3.8, 4) is 0 Å². The summed E-state index contributed by atoms with van der Waals surface area (Å²) < 4.78 is 21.6. The SMILES string of the molecule is O=c1[nH]c(=O)n([C@H]2C[C@H](O)[C@@H](CO[P+](=O)O)O2)cc1Br. The maximum absolute atomic E-state index is 11.7. The van der Waals surface area contributed by atoms with Gasteiger partial charge in [-0.05, 0) is 15.9 Å². The number of aliphatic hydroxyl groups is 1. The molecule has 9 nitrogen and oxygen atoms in total. The number of aromatic amines is 1. The van der Waals surface area contributed by atoms with Crippen molar-refractivity contribution in [1.29, 1.82) is 0 Å². The van der Waals surface area contributed by atoms with E-state index in [-0.39, 0.29) is 17.5 Å². The first-order chi connectivity index (χ1) is 9.38. The van der Waals surface area contributed by atoms with Gasteiger partial charge in [0.2, 0.25) is 0 Å². The van der Waals surface area contributed by atoms with E-state index < -0.39 is 37.9 Å². The molecule has 0 bridgehead atoms. The van der Waals surface area contributed by atoms with Gasteiger partial charge in [-0.15, -0.1) is 9.42 Å². The molecule has 0 aromatic carbocycles. The Kier molecular flexibility index (Phi) is 4.84. The van der Waals surface area contributed by atoms with Crippen LogP contribution in [-0.4, -0.2) is 38.4 Å². The van der Waals surface area contributed by atoms with E-state index in [1.54, 1.807) is 0 Å². The van der Waals surface area contributed by atoms with E-state index in [2.05, 4.69) is 25.4 Å². The average Bonchev–Trinajstić information content (AvgIpc) is 2.72. The van der Waals surface area contributed by atoms with E-state index in [4.69, 9.17) is 9.63 Å². The zero-order valence-corrected chi connectivity index (χ0v) is 12.4. The minimum Gasteiger partial charge on any atom is -0.390 e. The third-order valence-electron chi connectivity index (χ3n) is 2.79. The van der Waals surface area contributed by atoms with Gasteiger partial charge in [0.1, 0.15) is 18.9 Å². The standard InChI is InChI=1S/C9H10BrN2O7P/c10-4-2-12(9(15)11-8(4)14)7-1-5(13)6(19-7)3-18-20(16)17/h2,5-7,13H,1,3H2,(H-,11,14,15,16,17)/p+1/t5-,6+,7+/m0/s1. The molecule has 1 fully saturated rings. The quantitative estimate of drug-likeness (QED) is 0.616. The lowest BCUT2D eigenvalue weighted by atomic mass is 10.2. The van der Waals surface area contributed by atoms with E-state index in [0.29, 0.717) is 0 Å². The normalized spacial score (nSPS) is 26.8. The minimum absolute atomic E-state index is 0.0919. The minimum atomic E-state index is -2.78. The van der Waals surface area contributed by atoms with Crippen LogP contribution in [-0.2, 0) is 13.8 Å². The second-order valence-electron chi connectivity index (χ2n) is 4.11. The predicted octanol–water partition coefficient (Wildman–Crippen LogP) is -0.386. The fourth-order valence-electron chi connectivity index (χ4n) is 1.85. The van der Waals surface area contributed by atoms with Crippen molar-refractivity contribution < 1.29 is 23.8 Å². The number of aliphatic hydroxyl groups excluding tert-OH is 1. The summed E-state index contributed by atoms with van der Waals surface area (Å²) in [5.41, 5.74) is -1.24. The van der Waals surface area contributed by atoms with Crippen LogP contribution in [0.5, 0.6) is 0 Å². The molecule has 1 aromatic rings. The van der Waals surface area contributed by atoms with Crippen LogP contribution in [0.4, 0.5) is 0 Å². The lowest BCUT2D eigenvalue weighted by Crippen LogP contribution is -2.32. The molecule has 0 aliphatic carbocycles. The van der Waals surface area contributed by atoms with Gasteiger partial charge in [0.15, 0.2) is 0 Å². The molecule has 110 valence electrons. The van der Waals surface area contributed by atoms with Crippen molar-refractivity contribution in [3.05, 3.63) is 31.5 Å². The molecule has 2 heterocycles. The summed E-state index contributed by atoms with van der Waals surface area (Å²) in [6.45, 7) is -0.275. The summed E-state index contributed by atoms with van der Waals surface area (Å²) in [6.07, 6.45) is -1.23. The van der Waals surface area contributed by atoms with E-state index in [1.807, 2.05) is 0 Å². The molecule has 11 heteroatoms. The summed E-state index contributed by atoms with van der Waals surface area (Å²) in [5, 5.41) is 9.77. The van der Waals surface area contributed by atoms with Crippen LogP contribution in [0.1, 0.15) is 12.6 Å². The van der Waals surface area contributed by atoms with Crippen molar-refractivity contribution in [1.82, 2.24) is 9.55 Å². The first-order valence-electron chi connectivity index (χ1n) is 5.52. The molecule has 0 radical (unpaired) electrons. The molecule has 1 aliphatic rings. The highest BCUT2D eigenvalue weighted by Gasteiger charge is 2.37. The Labute approximate surface area is 121 Å². The molecule has 2 rings (SSSR count).